The number of hydrogen-bond acceptors (Lipinski definition) is 4. The second kappa shape index (κ2) is 8.75. The number of rotatable bonds is 7. The molecule has 1 rings (SSSR count). The molecule has 0 bridgehead atoms. The Labute approximate surface area is 138 Å². The Hall–Kier alpha value is -1.60. The first kappa shape index (κ1) is 18.4. The normalized spacial score (nSPS) is 11.9. The Balaban J connectivity index is 2.45. The molecule has 0 fully saturated rings. The van der Waals surface area contributed by atoms with Crippen LogP contribution in [0.4, 0.5) is 0 Å². The van der Waals surface area contributed by atoms with Gasteiger partial charge in [-0.25, -0.2) is 0 Å². The van der Waals surface area contributed by atoms with Crippen molar-refractivity contribution < 1.29 is 14.3 Å². The van der Waals surface area contributed by atoms with Gasteiger partial charge in [0.2, 0.25) is 11.8 Å². The molecule has 0 aliphatic carbocycles. The van der Waals surface area contributed by atoms with E-state index in [9.17, 15) is 9.59 Å². The van der Waals surface area contributed by atoms with E-state index < -0.39 is 6.04 Å². The number of amides is 2. The summed E-state index contributed by atoms with van der Waals surface area (Å²) in [6.45, 7) is 3.94. The highest BCUT2D eigenvalue weighted by Crippen LogP contribution is 2.22. The zero-order valence-electron chi connectivity index (χ0n) is 13.0. The van der Waals surface area contributed by atoms with E-state index in [1.165, 1.54) is 0 Å². The molecule has 0 aromatic heterocycles. The molecule has 2 amide bonds. The highest BCUT2D eigenvalue weighted by Gasteiger charge is 2.17. The number of carbonyl (C=O) groups excluding carboxylic acids is 2. The Morgan fingerprint density at radius 1 is 1.32 bits per heavy atom. The molecule has 1 aromatic carbocycles. The van der Waals surface area contributed by atoms with Crippen molar-refractivity contribution in [3.8, 4) is 5.75 Å². The van der Waals surface area contributed by atoms with Crippen LogP contribution in [-0.4, -0.2) is 31.5 Å². The fraction of sp³-hybridized carbons (Fsp3) is 0.467. The fourth-order valence-electron chi connectivity index (χ4n) is 1.66. The van der Waals surface area contributed by atoms with E-state index in [0.29, 0.717) is 12.3 Å². The van der Waals surface area contributed by atoms with Gasteiger partial charge in [-0.15, -0.1) is 0 Å². The predicted octanol–water partition coefficient (Wildman–Crippen LogP) is 1.17. The van der Waals surface area contributed by atoms with Crippen LogP contribution in [0.25, 0.3) is 0 Å². The number of halogens is 1. The Kier molecular flexibility index (Phi) is 7.34. The first-order valence-corrected chi connectivity index (χ1v) is 7.76. The van der Waals surface area contributed by atoms with Gasteiger partial charge in [0.1, 0.15) is 5.75 Å². The smallest absolute Gasteiger partial charge is 0.239 e. The maximum absolute atomic E-state index is 11.8. The monoisotopic (exact) mass is 371 g/mol. The van der Waals surface area contributed by atoms with E-state index in [0.717, 1.165) is 10.0 Å². The van der Waals surface area contributed by atoms with Gasteiger partial charge >= 0.3 is 0 Å². The number of methoxy groups -OCH3 is 1. The van der Waals surface area contributed by atoms with Crippen LogP contribution >= 0.6 is 15.9 Å². The van der Waals surface area contributed by atoms with Crippen LogP contribution in [-0.2, 0) is 16.1 Å². The summed E-state index contributed by atoms with van der Waals surface area (Å²) >= 11 is 3.41. The fourth-order valence-corrected chi connectivity index (χ4v) is 2.04. The van der Waals surface area contributed by atoms with Crippen molar-refractivity contribution in [2.75, 3.05) is 13.7 Å². The molecule has 0 aliphatic rings. The van der Waals surface area contributed by atoms with Crippen molar-refractivity contribution in [1.82, 2.24) is 10.6 Å². The molecule has 0 saturated heterocycles. The van der Waals surface area contributed by atoms with Crippen LogP contribution in [0.1, 0.15) is 19.4 Å². The van der Waals surface area contributed by atoms with Crippen LogP contribution < -0.4 is 21.1 Å². The van der Waals surface area contributed by atoms with Gasteiger partial charge in [-0.3, -0.25) is 9.59 Å². The van der Waals surface area contributed by atoms with Gasteiger partial charge in [0.05, 0.1) is 19.7 Å². The van der Waals surface area contributed by atoms with Crippen LogP contribution in [0, 0.1) is 5.92 Å². The van der Waals surface area contributed by atoms with Gasteiger partial charge in [-0.1, -0.05) is 29.8 Å². The van der Waals surface area contributed by atoms with E-state index in [1.54, 1.807) is 7.11 Å². The minimum Gasteiger partial charge on any atom is -0.497 e. The summed E-state index contributed by atoms with van der Waals surface area (Å²) in [5.41, 5.74) is 6.59. The van der Waals surface area contributed by atoms with Crippen molar-refractivity contribution in [2.24, 2.45) is 11.7 Å². The van der Waals surface area contributed by atoms with Crippen molar-refractivity contribution >= 4 is 27.7 Å². The SMILES string of the molecule is COc1ccc(Br)c(CNC(=O)CNC(=O)[C@@H](N)C(C)C)c1. The molecule has 1 atom stereocenters. The highest BCUT2D eigenvalue weighted by molar-refractivity contribution is 9.10. The van der Waals surface area contributed by atoms with Crippen molar-refractivity contribution in [3.63, 3.8) is 0 Å². The minimum absolute atomic E-state index is 0.0239. The summed E-state index contributed by atoms with van der Waals surface area (Å²) in [7, 11) is 1.58. The van der Waals surface area contributed by atoms with Gasteiger partial charge < -0.3 is 21.1 Å². The lowest BCUT2D eigenvalue weighted by Crippen LogP contribution is -2.47. The third kappa shape index (κ3) is 5.65. The maximum atomic E-state index is 11.8. The topological polar surface area (TPSA) is 93.5 Å². The van der Waals surface area contributed by atoms with Crippen molar-refractivity contribution in [2.45, 2.75) is 26.4 Å². The van der Waals surface area contributed by atoms with Crippen LogP contribution in [0.5, 0.6) is 5.75 Å². The summed E-state index contributed by atoms with van der Waals surface area (Å²) in [5.74, 6) is 0.131. The maximum Gasteiger partial charge on any atom is 0.239 e. The summed E-state index contributed by atoms with van der Waals surface area (Å²) in [4.78, 5) is 23.4. The lowest BCUT2D eigenvalue weighted by atomic mass is 10.1. The van der Waals surface area contributed by atoms with E-state index in [-0.39, 0.29) is 24.3 Å². The van der Waals surface area contributed by atoms with E-state index in [1.807, 2.05) is 32.0 Å². The molecule has 122 valence electrons. The largest absolute Gasteiger partial charge is 0.497 e. The molecule has 6 nitrogen and oxygen atoms in total. The summed E-state index contributed by atoms with van der Waals surface area (Å²) in [5, 5.41) is 5.26. The molecule has 0 radical (unpaired) electrons. The van der Waals surface area contributed by atoms with Gasteiger partial charge in [-0.05, 0) is 29.7 Å². The Morgan fingerprint density at radius 2 is 2.00 bits per heavy atom. The van der Waals surface area contributed by atoms with E-state index >= 15 is 0 Å². The molecule has 4 N–H and O–H groups in total. The van der Waals surface area contributed by atoms with Crippen molar-refractivity contribution in [3.05, 3.63) is 28.2 Å². The van der Waals surface area contributed by atoms with E-state index in [2.05, 4.69) is 26.6 Å². The standard InChI is InChI=1S/C15H22BrN3O3/c1-9(2)14(17)15(21)19-8-13(20)18-7-10-6-11(22-3)4-5-12(10)16/h4-6,9,14H,7-8,17H2,1-3H3,(H,18,20)(H,19,21)/t14-/m0/s1. The number of benzene rings is 1. The summed E-state index contributed by atoms with van der Waals surface area (Å²) in [6.07, 6.45) is 0. The molecule has 0 aliphatic heterocycles. The molecule has 1 aromatic rings. The average Bonchev–Trinajstić information content (AvgIpc) is 2.50. The molecular weight excluding hydrogens is 350 g/mol. The Bertz CT molecular complexity index is 535. The number of nitrogens with two attached hydrogens (primary N) is 1. The van der Waals surface area contributed by atoms with Crippen molar-refractivity contribution in [1.29, 1.82) is 0 Å². The Morgan fingerprint density at radius 3 is 2.59 bits per heavy atom. The summed E-state index contributed by atoms with van der Waals surface area (Å²) < 4.78 is 6.01. The molecule has 22 heavy (non-hydrogen) atoms. The van der Waals surface area contributed by atoms with Crippen LogP contribution in [0.15, 0.2) is 22.7 Å². The van der Waals surface area contributed by atoms with Gasteiger partial charge in [0, 0.05) is 11.0 Å². The molecule has 0 heterocycles. The first-order chi connectivity index (χ1) is 10.3. The first-order valence-electron chi connectivity index (χ1n) is 6.97. The second-order valence-electron chi connectivity index (χ2n) is 5.22. The third-order valence-electron chi connectivity index (χ3n) is 3.17. The number of carbonyl (C=O) groups is 2. The lowest BCUT2D eigenvalue weighted by molar-refractivity contribution is -0.127. The molecule has 0 unspecified atom stereocenters. The lowest BCUT2D eigenvalue weighted by Gasteiger charge is -2.15. The molecule has 7 heteroatoms. The second-order valence-corrected chi connectivity index (χ2v) is 6.08. The highest BCUT2D eigenvalue weighted by atomic mass is 79.9. The predicted molar refractivity (Wildman–Crippen MR) is 88.4 cm³/mol. The quantitative estimate of drug-likeness (QED) is 0.670. The molecule has 0 saturated carbocycles. The average molecular weight is 372 g/mol. The van der Waals surface area contributed by atoms with Crippen LogP contribution in [0.3, 0.4) is 0 Å². The minimum atomic E-state index is -0.611. The number of nitrogens with one attached hydrogen (secondary N) is 2. The number of hydrogen-bond donors (Lipinski definition) is 3. The van der Waals surface area contributed by atoms with Crippen LogP contribution in [0.2, 0.25) is 0 Å². The zero-order chi connectivity index (χ0) is 16.7. The van der Waals surface area contributed by atoms with Gasteiger partial charge in [0.15, 0.2) is 0 Å². The van der Waals surface area contributed by atoms with Gasteiger partial charge in [0.25, 0.3) is 0 Å². The third-order valence-corrected chi connectivity index (χ3v) is 3.95. The summed E-state index contributed by atoms with van der Waals surface area (Å²) in [6, 6.07) is 4.89. The molecule has 0 spiro atoms. The molecular formula is C15H22BrN3O3. The van der Waals surface area contributed by atoms with Gasteiger partial charge in [-0.2, -0.15) is 0 Å². The van der Waals surface area contributed by atoms with E-state index in [4.69, 9.17) is 10.5 Å². The zero-order valence-corrected chi connectivity index (χ0v) is 14.6. The number of ether oxygens (including phenoxy) is 1.